The zero-order valence-corrected chi connectivity index (χ0v) is 16.5. The normalized spacial score (nSPS) is 28.3. The predicted octanol–water partition coefficient (Wildman–Crippen LogP) is 6.06. The maximum Gasteiger partial charge on any atom is 0.223 e. The Morgan fingerprint density at radius 1 is 0.923 bits per heavy atom. The lowest BCUT2D eigenvalue weighted by molar-refractivity contribution is -0.127. The first-order valence-corrected chi connectivity index (χ1v) is 10.1. The molecule has 4 atom stereocenters. The molecule has 26 heavy (non-hydrogen) atoms. The molecule has 0 spiro atoms. The highest BCUT2D eigenvalue weighted by Crippen LogP contribution is 2.50. The fourth-order valence-corrected chi connectivity index (χ4v) is 5.36. The standard InChI is InChI=1S/C21H20Cl3NO/c22-15-4-1-12(2-5-15)20-14-9-13(21(26)25-11-14)3-7-18(20)17-8-6-16(23)10-19(17)24/h1-2,4-6,8,10,13-14,18,20H,3,7,9,11H2,(H,25,26)/t13-,14?,18-,20+/m0/s1. The summed E-state index contributed by atoms with van der Waals surface area (Å²) >= 11 is 18.8. The van der Waals surface area contributed by atoms with Crippen LogP contribution in [-0.2, 0) is 4.79 Å². The van der Waals surface area contributed by atoms with Gasteiger partial charge >= 0.3 is 0 Å². The molecule has 0 aromatic heterocycles. The summed E-state index contributed by atoms with van der Waals surface area (Å²) < 4.78 is 0. The molecule has 5 heteroatoms. The Morgan fingerprint density at radius 2 is 1.65 bits per heavy atom. The van der Waals surface area contributed by atoms with Crippen LogP contribution >= 0.6 is 34.8 Å². The third kappa shape index (κ3) is 3.47. The second-order valence-corrected chi connectivity index (χ2v) is 8.64. The number of fused-ring (bicyclic) bond motifs is 2. The third-order valence-electron chi connectivity index (χ3n) is 5.88. The van der Waals surface area contributed by atoms with Gasteiger partial charge in [0.05, 0.1) is 0 Å². The van der Waals surface area contributed by atoms with E-state index in [1.165, 1.54) is 5.56 Å². The van der Waals surface area contributed by atoms with E-state index in [9.17, 15) is 4.79 Å². The van der Waals surface area contributed by atoms with Gasteiger partial charge in [0.25, 0.3) is 0 Å². The zero-order valence-electron chi connectivity index (χ0n) is 14.2. The van der Waals surface area contributed by atoms with Crippen molar-refractivity contribution in [2.75, 3.05) is 6.54 Å². The van der Waals surface area contributed by atoms with Crippen LogP contribution in [-0.4, -0.2) is 12.5 Å². The number of piperidine rings is 1. The molecule has 2 aromatic rings. The summed E-state index contributed by atoms with van der Waals surface area (Å²) in [6, 6.07) is 13.9. The molecule has 0 radical (unpaired) electrons. The van der Waals surface area contributed by atoms with E-state index >= 15 is 0 Å². The van der Waals surface area contributed by atoms with E-state index in [4.69, 9.17) is 34.8 Å². The van der Waals surface area contributed by atoms with Crippen LogP contribution in [0.2, 0.25) is 15.1 Å². The van der Waals surface area contributed by atoms with Crippen molar-refractivity contribution in [3.63, 3.8) is 0 Å². The summed E-state index contributed by atoms with van der Waals surface area (Å²) in [5.41, 5.74) is 2.38. The second kappa shape index (κ2) is 7.42. The number of carbonyl (C=O) groups excluding carboxylic acids is 1. The van der Waals surface area contributed by atoms with Crippen LogP contribution in [0.1, 0.15) is 42.2 Å². The Balaban J connectivity index is 1.79. The highest BCUT2D eigenvalue weighted by molar-refractivity contribution is 6.35. The second-order valence-electron chi connectivity index (χ2n) is 7.36. The minimum atomic E-state index is 0.0969. The Bertz CT molecular complexity index is 821. The predicted molar refractivity (Wildman–Crippen MR) is 107 cm³/mol. The van der Waals surface area contributed by atoms with Crippen molar-refractivity contribution in [2.45, 2.75) is 31.1 Å². The van der Waals surface area contributed by atoms with Gasteiger partial charge in [0, 0.05) is 27.5 Å². The van der Waals surface area contributed by atoms with Crippen molar-refractivity contribution in [3.8, 4) is 0 Å². The van der Waals surface area contributed by atoms with Crippen molar-refractivity contribution < 1.29 is 4.79 Å². The quantitative estimate of drug-likeness (QED) is 0.643. The summed E-state index contributed by atoms with van der Waals surface area (Å²) in [6.07, 6.45) is 2.75. The van der Waals surface area contributed by atoms with E-state index in [1.807, 2.05) is 30.3 Å². The van der Waals surface area contributed by atoms with Gasteiger partial charge in [-0.25, -0.2) is 0 Å². The van der Waals surface area contributed by atoms with Crippen molar-refractivity contribution >= 4 is 40.7 Å². The summed E-state index contributed by atoms with van der Waals surface area (Å²) in [5, 5.41) is 5.20. The zero-order chi connectivity index (χ0) is 18.3. The maximum atomic E-state index is 12.2. The van der Waals surface area contributed by atoms with Crippen LogP contribution in [0.5, 0.6) is 0 Å². The lowest BCUT2D eigenvalue weighted by Gasteiger charge is -2.35. The first-order chi connectivity index (χ1) is 12.5. The third-order valence-corrected chi connectivity index (χ3v) is 6.70. The number of hydrogen-bond acceptors (Lipinski definition) is 1. The minimum Gasteiger partial charge on any atom is -0.356 e. The first kappa shape index (κ1) is 18.2. The average molecular weight is 409 g/mol. The Morgan fingerprint density at radius 3 is 2.38 bits per heavy atom. The molecule has 136 valence electrons. The number of amides is 1. The smallest absolute Gasteiger partial charge is 0.223 e. The molecule has 1 saturated heterocycles. The molecule has 1 N–H and O–H groups in total. The van der Waals surface area contributed by atoms with Gasteiger partial charge in [-0.1, -0.05) is 53.0 Å². The Labute approximate surface area is 168 Å². The number of hydrogen-bond donors (Lipinski definition) is 1. The molecule has 1 aliphatic heterocycles. The van der Waals surface area contributed by atoms with E-state index in [0.29, 0.717) is 22.5 Å². The van der Waals surface area contributed by atoms with E-state index < -0.39 is 0 Å². The molecule has 2 aliphatic rings. The van der Waals surface area contributed by atoms with E-state index in [1.54, 1.807) is 0 Å². The molecular weight excluding hydrogens is 389 g/mol. The van der Waals surface area contributed by atoms with Crippen LogP contribution in [0.15, 0.2) is 42.5 Å². The summed E-state index contributed by atoms with van der Waals surface area (Å²) in [7, 11) is 0. The van der Waals surface area contributed by atoms with E-state index in [2.05, 4.69) is 17.4 Å². The van der Waals surface area contributed by atoms with Crippen LogP contribution in [0.3, 0.4) is 0 Å². The molecule has 1 aliphatic carbocycles. The lowest BCUT2D eigenvalue weighted by atomic mass is 9.72. The molecule has 4 rings (SSSR count). The van der Waals surface area contributed by atoms with Gasteiger partial charge in [-0.3, -0.25) is 4.79 Å². The van der Waals surface area contributed by atoms with Crippen LogP contribution in [0.4, 0.5) is 0 Å². The summed E-state index contributed by atoms with van der Waals surface area (Å²) in [6.45, 7) is 0.713. The average Bonchev–Trinajstić information content (AvgIpc) is 2.77. The molecule has 1 amide bonds. The number of rotatable bonds is 2. The molecular formula is C21H20Cl3NO. The number of halogens is 3. The molecule has 2 aromatic carbocycles. The van der Waals surface area contributed by atoms with Gasteiger partial charge in [-0.15, -0.1) is 0 Å². The maximum absolute atomic E-state index is 12.2. The van der Waals surface area contributed by atoms with Crippen LogP contribution in [0.25, 0.3) is 0 Å². The van der Waals surface area contributed by atoms with E-state index in [0.717, 1.165) is 29.8 Å². The van der Waals surface area contributed by atoms with Gasteiger partial charge in [0.15, 0.2) is 0 Å². The fraction of sp³-hybridized carbons (Fsp3) is 0.381. The molecule has 2 fully saturated rings. The summed E-state index contributed by atoms with van der Waals surface area (Å²) in [4.78, 5) is 12.2. The molecule has 1 unspecified atom stereocenters. The van der Waals surface area contributed by atoms with Gasteiger partial charge in [0.2, 0.25) is 5.91 Å². The lowest BCUT2D eigenvalue weighted by Crippen LogP contribution is -2.42. The van der Waals surface area contributed by atoms with E-state index in [-0.39, 0.29) is 23.7 Å². The number of carbonyl (C=O) groups is 1. The highest BCUT2D eigenvalue weighted by atomic mass is 35.5. The van der Waals surface area contributed by atoms with Crippen LogP contribution < -0.4 is 5.32 Å². The SMILES string of the molecule is O=C1NCC2C[C@@H]1CC[C@@H](c1ccc(Cl)cc1Cl)[C@@H]2c1ccc(Cl)cc1. The topological polar surface area (TPSA) is 29.1 Å². The number of nitrogens with one attached hydrogen (secondary N) is 1. The molecule has 1 heterocycles. The van der Waals surface area contributed by atoms with Gasteiger partial charge < -0.3 is 5.32 Å². The monoisotopic (exact) mass is 407 g/mol. The Kier molecular flexibility index (Phi) is 5.18. The number of benzene rings is 2. The van der Waals surface area contributed by atoms with Crippen LogP contribution in [0, 0.1) is 11.8 Å². The largest absolute Gasteiger partial charge is 0.356 e. The van der Waals surface area contributed by atoms with Crippen molar-refractivity contribution in [2.24, 2.45) is 11.8 Å². The fourth-order valence-electron chi connectivity index (χ4n) is 4.68. The molecule has 1 saturated carbocycles. The minimum absolute atomic E-state index is 0.0969. The van der Waals surface area contributed by atoms with Crippen molar-refractivity contribution in [3.05, 3.63) is 68.7 Å². The molecule has 2 nitrogen and oxygen atoms in total. The van der Waals surface area contributed by atoms with Gasteiger partial charge in [0.1, 0.15) is 0 Å². The summed E-state index contributed by atoms with van der Waals surface area (Å²) in [5.74, 6) is 1.22. The van der Waals surface area contributed by atoms with Gasteiger partial charge in [-0.05, 0) is 72.4 Å². The molecule has 2 bridgehead atoms. The van der Waals surface area contributed by atoms with Gasteiger partial charge in [-0.2, -0.15) is 0 Å². The first-order valence-electron chi connectivity index (χ1n) is 9.01. The highest BCUT2D eigenvalue weighted by Gasteiger charge is 2.41. The Hall–Kier alpha value is -1.22. The van der Waals surface area contributed by atoms with Crippen molar-refractivity contribution in [1.29, 1.82) is 0 Å². The van der Waals surface area contributed by atoms with Crippen molar-refractivity contribution in [1.82, 2.24) is 5.32 Å².